The van der Waals surface area contributed by atoms with E-state index in [2.05, 4.69) is 38.0 Å². The Bertz CT molecular complexity index is 259. The second-order valence-corrected chi connectivity index (χ2v) is 6.40. The van der Waals surface area contributed by atoms with Gasteiger partial charge >= 0.3 is 0 Å². The SMILES string of the molecule is CNC1C(N(CCOC)C(C)COC)CCC1(C)C. The number of ether oxygens (including phenoxy) is 2. The number of methoxy groups -OCH3 is 2. The van der Waals surface area contributed by atoms with Gasteiger partial charge in [0.2, 0.25) is 0 Å². The number of nitrogens with one attached hydrogen (secondary N) is 1. The zero-order valence-corrected chi connectivity index (χ0v) is 13.5. The van der Waals surface area contributed by atoms with Crippen LogP contribution >= 0.6 is 0 Å². The fraction of sp³-hybridized carbons (Fsp3) is 1.00. The average molecular weight is 272 g/mol. The summed E-state index contributed by atoms with van der Waals surface area (Å²) < 4.78 is 10.6. The van der Waals surface area contributed by atoms with Crippen molar-refractivity contribution in [2.45, 2.75) is 51.7 Å². The molecule has 0 heterocycles. The highest BCUT2D eigenvalue weighted by molar-refractivity contribution is 5.01. The van der Waals surface area contributed by atoms with Crippen molar-refractivity contribution < 1.29 is 9.47 Å². The molecule has 19 heavy (non-hydrogen) atoms. The van der Waals surface area contributed by atoms with Crippen molar-refractivity contribution in [3.8, 4) is 0 Å². The first kappa shape index (κ1) is 16.9. The molecule has 4 nitrogen and oxygen atoms in total. The summed E-state index contributed by atoms with van der Waals surface area (Å²) in [4.78, 5) is 2.56. The Hall–Kier alpha value is -0.160. The van der Waals surface area contributed by atoms with Crippen LogP contribution in [0.15, 0.2) is 0 Å². The summed E-state index contributed by atoms with van der Waals surface area (Å²) in [6.07, 6.45) is 2.52. The molecule has 0 aromatic rings. The highest BCUT2D eigenvalue weighted by Gasteiger charge is 2.44. The first-order chi connectivity index (χ1) is 8.97. The summed E-state index contributed by atoms with van der Waals surface area (Å²) in [5.74, 6) is 0. The summed E-state index contributed by atoms with van der Waals surface area (Å²) in [5, 5.41) is 3.53. The van der Waals surface area contributed by atoms with Crippen LogP contribution in [0.3, 0.4) is 0 Å². The molecule has 4 heteroatoms. The molecule has 0 saturated heterocycles. The molecule has 1 aliphatic carbocycles. The third-order valence-corrected chi connectivity index (χ3v) is 4.58. The highest BCUT2D eigenvalue weighted by Crippen LogP contribution is 2.40. The molecule has 1 saturated carbocycles. The molecule has 0 aromatic carbocycles. The Balaban J connectivity index is 2.78. The van der Waals surface area contributed by atoms with Crippen molar-refractivity contribution in [1.29, 1.82) is 0 Å². The maximum atomic E-state index is 5.34. The van der Waals surface area contributed by atoms with Crippen molar-refractivity contribution in [2.24, 2.45) is 5.41 Å². The van der Waals surface area contributed by atoms with E-state index in [0.29, 0.717) is 23.5 Å². The van der Waals surface area contributed by atoms with Crippen LogP contribution in [0.4, 0.5) is 0 Å². The van der Waals surface area contributed by atoms with Crippen molar-refractivity contribution in [2.75, 3.05) is 41.0 Å². The molecule has 3 unspecified atom stereocenters. The number of hydrogen-bond acceptors (Lipinski definition) is 4. The van der Waals surface area contributed by atoms with Crippen LogP contribution in [0.25, 0.3) is 0 Å². The molecule has 0 aliphatic heterocycles. The first-order valence-corrected chi connectivity index (χ1v) is 7.38. The van der Waals surface area contributed by atoms with E-state index in [1.54, 1.807) is 14.2 Å². The normalized spacial score (nSPS) is 27.9. The van der Waals surface area contributed by atoms with E-state index in [-0.39, 0.29) is 0 Å². The van der Waals surface area contributed by atoms with Gasteiger partial charge in [-0.05, 0) is 32.2 Å². The van der Waals surface area contributed by atoms with Crippen molar-refractivity contribution in [1.82, 2.24) is 10.2 Å². The Morgan fingerprint density at radius 3 is 2.53 bits per heavy atom. The average Bonchev–Trinajstić information content (AvgIpc) is 2.65. The lowest BCUT2D eigenvalue weighted by Gasteiger charge is -2.40. The number of rotatable bonds is 8. The second-order valence-electron chi connectivity index (χ2n) is 6.40. The maximum absolute atomic E-state index is 5.34. The molecule has 1 rings (SSSR count). The molecule has 0 bridgehead atoms. The molecular formula is C15H32N2O2. The van der Waals surface area contributed by atoms with E-state index < -0.39 is 0 Å². The minimum Gasteiger partial charge on any atom is -0.383 e. The highest BCUT2D eigenvalue weighted by atomic mass is 16.5. The maximum Gasteiger partial charge on any atom is 0.0615 e. The quantitative estimate of drug-likeness (QED) is 0.730. The van der Waals surface area contributed by atoms with Crippen LogP contribution in [0, 0.1) is 5.41 Å². The van der Waals surface area contributed by atoms with Gasteiger partial charge in [-0.15, -0.1) is 0 Å². The first-order valence-electron chi connectivity index (χ1n) is 7.38. The summed E-state index contributed by atoms with van der Waals surface area (Å²) in [5.41, 5.74) is 0.359. The van der Waals surface area contributed by atoms with Crippen LogP contribution in [0.2, 0.25) is 0 Å². The van der Waals surface area contributed by atoms with Gasteiger partial charge in [0.15, 0.2) is 0 Å². The van der Waals surface area contributed by atoms with Gasteiger partial charge in [0.05, 0.1) is 13.2 Å². The third-order valence-electron chi connectivity index (χ3n) is 4.58. The van der Waals surface area contributed by atoms with E-state index in [4.69, 9.17) is 9.47 Å². The minimum atomic E-state index is 0.359. The van der Waals surface area contributed by atoms with E-state index in [1.807, 2.05) is 0 Å². The zero-order valence-electron chi connectivity index (χ0n) is 13.5. The molecule has 0 amide bonds. The van der Waals surface area contributed by atoms with Crippen LogP contribution in [-0.4, -0.2) is 64.1 Å². The fourth-order valence-electron chi connectivity index (χ4n) is 3.55. The van der Waals surface area contributed by atoms with Crippen molar-refractivity contribution >= 4 is 0 Å². The van der Waals surface area contributed by atoms with Crippen molar-refractivity contribution in [3.05, 3.63) is 0 Å². The number of nitrogens with zero attached hydrogens (tertiary/aromatic N) is 1. The van der Waals surface area contributed by atoms with Gasteiger partial charge in [0.1, 0.15) is 0 Å². The Morgan fingerprint density at radius 2 is 2.00 bits per heavy atom. The van der Waals surface area contributed by atoms with Gasteiger partial charge in [0, 0.05) is 38.9 Å². The lowest BCUT2D eigenvalue weighted by molar-refractivity contribution is 0.0354. The summed E-state index contributed by atoms with van der Waals surface area (Å²) >= 11 is 0. The second kappa shape index (κ2) is 7.58. The molecule has 0 spiro atoms. The molecule has 0 radical (unpaired) electrons. The molecule has 1 aliphatic rings. The topological polar surface area (TPSA) is 33.7 Å². The molecule has 1 fully saturated rings. The Labute approximate surface area is 118 Å². The minimum absolute atomic E-state index is 0.359. The van der Waals surface area contributed by atoms with E-state index >= 15 is 0 Å². The van der Waals surface area contributed by atoms with Gasteiger partial charge in [-0.2, -0.15) is 0 Å². The standard InChI is InChI=1S/C15H32N2O2/c1-12(11-19-6)17(9-10-18-5)13-7-8-15(2,3)14(13)16-4/h12-14,16H,7-11H2,1-6H3. The summed E-state index contributed by atoms with van der Waals surface area (Å²) in [7, 11) is 5.63. The van der Waals surface area contributed by atoms with E-state index in [0.717, 1.165) is 19.8 Å². The van der Waals surface area contributed by atoms with Crippen LogP contribution in [0.1, 0.15) is 33.6 Å². The molecule has 3 atom stereocenters. The molecule has 0 aromatic heterocycles. The van der Waals surface area contributed by atoms with Crippen LogP contribution < -0.4 is 5.32 Å². The van der Waals surface area contributed by atoms with Gasteiger partial charge in [-0.25, -0.2) is 0 Å². The summed E-state index contributed by atoms with van der Waals surface area (Å²) in [6, 6.07) is 1.53. The lowest BCUT2D eigenvalue weighted by atomic mass is 9.86. The molecular weight excluding hydrogens is 240 g/mol. The van der Waals surface area contributed by atoms with E-state index in [1.165, 1.54) is 12.8 Å². The fourth-order valence-corrected chi connectivity index (χ4v) is 3.55. The van der Waals surface area contributed by atoms with Gasteiger partial charge in [0.25, 0.3) is 0 Å². The number of likely N-dealkylation sites (N-methyl/N-ethyl adjacent to an activating group) is 1. The van der Waals surface area contributed by atoms with Gasteiger partial charge in [-0.3, -0.25) is 4.90 Å². The predicted molar refractivity (Wildman–Crippen MR) is 79.6 cm³/mol. The predicted octanol–water partition coefficient (Wildman–Crippen LogP) is 1.75. The van der Waals surface area contributed by atoms with Crippen molar-refractivity contribution in [3.63, 3.8) is 0 Å². The molecule has 1 N–H and O–H groups in total. The lowest BCUT2D eigenvalue weighted by Crippen LogP contribution is -2.54. The number of hydrogen-bond donors (Lipinski definition) is 1. The monoisotopic (exact) mass is 272 g/mol. The largest absolute Gasteiger partial charge is 0.383 e. The summed E-state index contributed by atoms with van der Waals surface area (Å²) in [6.45, 7) is 9.50. The zero-order chi connectivity index (χ0) is 14.5. The Morgan fingerprint density at radius 1 is 1.32 bits per heavy atom. The third kappa shape index (κ3) is 4.15. The van der Waals surface area contributed by atoms with Crippen LogP contribution in [-0.2, 0) is 9.47 Å². The van der Waals surface area contributed by atoms with Gasteiger partial charge in [-0.1, -0.05) is 13.8 Å². The van der Waals surface area contributed by atoms with Crippen LogP contribution in [0.5, 0.6) is 0 Å². The Kier molecular flexibility index (Phi) is 6.74. The van der Waals surface area contributed by atoms with E-state index in [9.17, 15) is 0 Å². The molecule has 114 valence electrons. The smallest absolute Gasteiger partial charge is 0.0615 e. The van der Waals surface area contributed by atoms with Gasteiger partial charge < -0.3 is 14.8 Å².